The van der Waals surface area contributed by atoms with Gasteiger partial charge in [0.15, 0.2) is 0 Å². The highest BCUT2D eigenvalue weighted by atomic mass is 32.2. The lowest BCUT2D eigenvalue weighted by Gasteiger charge is -2.32. The summed E-state index contributed by atoms with van der Waals surface area (Å²) in [7, 11) is -1.07. The molecule has 0 bridgehead atoms. The molecule has 1 aliphatic heterocycles. The Kier molecular flexibility index (Phi) is 5.17. The molecular weight excluding hydrogens is 276 g/mol. The first kappa shape index (κ1) is 15.5. The van der Waals surface area contributed by atoms with Crippen molar-refractivity contribution in [3.63, 3.8) is 0 Å². The molecule has 0 aliphatic carbocycles. The van der Waals surface area contributed by atoms with Crippen LogP contribution in [0.5, 0.6) is 0 Å². The standard InChI is InChI=1S/C13H24N4O2S/c1-16-13(6-8-14-16)12-5-3-9-17(11-12)10-4-7-15-20(2,18)19/h6,8,12,15H,3-5,7,9-11H2,1-2H3/t12-/m0/s1. The normalized spacial score (nSPS) is 21.2. The van der Waals surface area contributed by atoms with Crippen molar-refractivity contribution in [3.05, 3.63) is 18.0 Å². The van der Waals surface area contributed by atoms with Crippen LogP contribution in [-0.2, 0) is 17.1 Å². The van der Waals surface area contributed by atoms with Crippen molar-refractivity contribution in [2.75, 3.05) is 32.4 Å². The maximum Gasteiger partial charge on any atom is 0.208 e. The molecule has 2 heterocycles. The number of nitrogens with zero attached hydrogens (tertiary/aromatic N) is 3. The lowest BCUT2D eigenvalue weighted by atomic mass is 9.94. The van der Waals surface area contributed by atoms with Gasteiger partial charge in [0.25, 0.3) is 0 Å². The van der Waals surface area contributed by atoms with Gasteiger partial charge < -0.3 is 4.90 Å². The zero-order chi connectivity index (χ0) is 14.6. The van der Waals surface area contributed by atoms with Crippen LogP contribution in [0.1, 0.15) is 30.9 Å². The zero-order valence-corrected chi connectivity index (χ0v) is 13.1. The Labute approximate surface area is 121 Å². The molecule has 0 spiro atoms. The Morgan fingerprint density at radius 3 is 2.95 bits per heavy atom. The summed E-state index contributed by atoms with van der Waals surface area (Å²) < 4.78 is 26.5. The zero-order valence-electron chi connectivity index (χ0n) is 12.2. The molecule has 1 saturated heterocycles. The Bertz CT molecular complexity index is 526. The van der Waals surface area contributed by atoms with Gasteiger partial charge in [0.05, 0.1) is 6.26 Å². The van der Waals surface area contributed by atoms with Crippen LogP contribution in [0.4, 0.5) is 0 Å². The van der Waals surface area contributed by atoms with Crippen molar-refractivity contribution in [1.29, 1.82) is 0 Å². The topological polar surface area (TPSA) is 67.2 Å². The molecule has 1 aromatic heterocycles. The van der Waals surface area contributed by atoms with Gasteiger partial charge in [-0.2, -0.15) is 5.10 Å². The second-order valence-corrected chi connectivity index (χ2v) is 7.37. The summed E-state index contributed by atoms with van der Waals surface area (Å²) in [6.07, 6.45) is 6.30. The molecule has 0 saturated carbocycles. The van der Waals surface area contributed by atoms with Gasteiger partial charge in [0.1, 0.15) is 0 Å². The van der Waals surface area contributed by atoms with Gasteiger partial charge in [0.2, 0.25) is 10.0 Å². The van der Waals surface area contributed by atoms with Crippen LogP contribution in [-0.4, -0.2) is 55.5 Å². The molecule has 2 rings (SSSR count). The number of aromatic nitrogens is 2. The summed E-state index contributed by atoms with van der Waals surface area (Å²) in [6, 6.07) is 2.10. The van der Waals surface area contributed by atoms with Crippen molar-refractivity contribution >= 4 is 10.0 Å². The minimum Gasteiger partial charge on any atom is -0.303 e. The van der Waals surface area contributed by atoms with Gasteiger partial charge >= 0.3 is 0 Å². The first-order chi connectivity index (χ1) is 9.46. The van der Waals surface area contributed by atoms with Crippen molar-refractivity contribution in [2.24, 2.45) is 7.05 Å². The van der Waals surface area contributed by atoms with Crippen LogP contribution >= 0.6 is 0 Å². The lowest BCUT2D eigenvalue weighted by Crippen LogP contribution is -2.37. The van der Waals surface area contributed by atoms with Gasteiger partial charge in [0, 0.05) is 37.9 Å². The maximum absolute atomic E-state index is 11.0. The third-order valence-electron chi connectivity index (χ3n) is 3.80. The van der Waals surface area contributed by atoms with E-state index < -0.39 is 10.0 Å². The molecular formula is C13H24N4O2S. The van der Waals surface area contributed by atoms with Crippen molar-refractivity contribution in [2.45, 2.75) is 25.2 Å². The molecule has 0 radical (unpaired) electrons. The van der Waals surface area contributed by atoms with Crippen molar-refractivity contribution < 1.29 is 8.42 Å². The number of hydrogen-bond donors (Lipinski definition) is 1. The van der Waals surface area contributed by atoms with E-state index in [0.717, 1.165) is 26.1 Å². The molecule has 0 amide bonds. The molecule has 0 aromatic carbocycles. The van der Waals surface area contributed by atoms with Crippen molar-refractivity contribution in [1.82, 2.24) is 19.4 Å². The summed E-state index contributed by atoms with van der Waals surface area (Å²) >= 11 is 0. The van der Waals surface area contributed by atoms with E-state index in [2.05, 4.69) is 20.8 Å². The van der Waals surface area contributed by atoms with E-state index in [0.29, 0.717) is 12.5 Å². The van der Waals surface area contributed by atoms with Crippen molar-refractivity contribution in [3.8, 4) is 0 Å². The molecule has 1 aromatic rings. The highest BCUT2D eigenvalue weighted by Gasteiger charge is 2.22. The lowest BCUT2D eigenvalue weighted by molar-refractivity contribution is 0.202. The molecule has 1 aliphatic rings. The molecule has 114 valence electrons. The Morgan fingerprint density at radius 2 is 2.30 bits per heavy atom. The van der Waals surface area contributed by atoms with E-state index in [1.165, 1.54) is 24.8 Å². The van der Waals surface area contributed by atoms with Crippen LogP contribution in [0.25, 0.3) is 0 Å². The Hall–Kier alpha value is -0.920. The number of hydrogen-bond acceptors (Lipinski definition) is 4. The number of rotatable bonds is 6. The Morgan fingerprint density at radius 1 is 1.50 bits per heavy atom. The highest BCUT2D eigenvalue weighted by molar-refractivity contribution is 7.88. The third-order valence-corrected chi connectivity index (χ3v) is 4.53. The van der Waals surface area contributed by atoms with E-state index >= 15 is 0 Å². The molecule has 7 heteroatoms. The predicted molar refractivity (Wildman–Crippen MR) is 79.1 cm³/mol. The number of likely N-dealkylation sites (tertiary alicyclic amines) is 1. The summed E-state index contributed by atoms with van der Waals surface area (Å²) in [4.78, 5) is 2.42. The fourth-order valence-corrected chi connectivity index (χ4v) is 3.36. The second kappa shape index (κ2) is 6.69. The summed E-state index contributed by atoms with van der Waals surface area (Å²) in [5.41, 5.74) is 1.30. The van der Waals surface area contributed by atoms with E-state index in [1.54, 1.807) is 0 Å². The van der Waals surface area contributed by atoms with Gasteiger partial charge in [-0.05, 0) is 38.4 Å². The average molecular weight is 300 g/mol. The van der Waals surface area contributed by atoms with E-state index in [4.69, 9.17) is 0 Å². The van der Waals surface area contributed by atoms with Gasteiger partial charge in [-0.15, -0.1) is 0 Å². The van der Waals surface area contributed by atoms with Crippen LogP contribution in [0.2, 0.25) is 0 Å². The number of sulfonamides is 1. The van der Waals surface area contributed by atoms with E-state index in [9.17, 15) is 8.42 Å². The minimum absolute atomic E-state index is 0.520. The van der Waals surface area contributed by atoms with Crippen LogP contribution in [0.15, 0.2) is 12.3 Å². The fourth-order valence-electron chi connectivity index (χ4n) is 2.84. The summed E-state index contributed by atoms with van der Waals surface area (Å²) in [6.45, 7) is 3.61. The van der Waals surface area contributed by atoms with E-state index in [1.807, 2.05) is 17.9 Å². The van der Waals surface area contributed by atoms with Crippen LogP contribution < -0.4 is 4.72 Å². The number of aryl methyl sites for hydroxylation is 1. The van der Waals surface area contributed by atoms with Gasteiger partial charge in [-0.3, -0.25) is 4.68 Å². The average Bonchev–Trinajstić information content (AvgIpc) is 2.80. The third kappa shape index (κ3) is 4.57. The van der Waals surface area contributed by atoms with Gasteiger partial charge in [-0.25, -0.2) is 13.1 Å². The molecule has 20 heavy (non-hydrogen) atoms. The second-order valence-electron chi connectivity index (χ2n) is 5.54. The Balaban J connectivity index is 1.78. The molecule has 0 unspecified atom stereocenters. The van der Waals surface area contributed by atoms with Gasteiger partial charge in [-0.1, -0.05) is 0 Å². The minimum atomic E-state index is -3.06. The summed E-state index contributed by atoms with van der Waals surface area (Å²) in [5, 5.41) is 4.24. The largest absolute Gasteiger partial charge is 0.303 e. The fraction of sp³-hybridized carbons (Fsp3) is 0.769. The SMILES string of the molecule is Cn1nccc1[C@H]1CCCN(CCCNS(C)(=O)=O)C1. The van der Waals surface area contributed by atoms with E-state index in [-0.39, 0.29) is 0 Å². The molecule has 1 N–H and O–H groups in total. The molecule has 6 nitrogen and oxygen atoms in total. The summed E-state index contributed by atoms with van der Waals surface area (Å²) in [5.74, 6) is 0.541. The monoisotopic (exact) mass is 300 g/mol. The maximum atomic E-state index is 11.0. The smallest absolute Gasteiger partial charge is 0.208 e. The molecule has 1 fully saturated rings. The van der Waals surface area contributed by atoms with Crippen LogP contribution in [0.3, 0.4) is 0 Å². The first-order valence-electron chi connectivity index (χ1n) is 7.10. The number of piperidine rings is 1. The first-order valence-corrected chi connectivity index (χ1v) is 9.00. The highest BCUT2D eigenvalue weighted by Crippen LogP contribution is 2.26. The predicted octanol–water partition coefficient (Wildman–Crippen LogP) is 0.539. The quantitative estimate of drug-likeness (QED) is 0.779. The van der Waals surface area contributed by atoms with Crippen LogP contribution in [0, 0.1) is 0 Å². The number of nitrogens with one attached hydrogen (secondary N) is 1. The molecule has 1 atom stereocenters.